The highest BCUT2D eigenvalue weighted by Crippen LogP contribution is 2.38. The molecular weight excluding hydrogens is 308 g/mol. The molecule has 1 atom stereocenters. The molecule has 2 aromatic heterocycles. The van der Waals surface area contributed by atoms with Gasteiger partial charge in [-0.3, -0.25) is 4.90 Å². The lowest BCUT2D eigenvalue weighted by Gasteiger charge is -2.25. The molecule has 1 aliphatic carbocycles. The summed E-state index contributed by atoms with van der Waals surface area (Å²) in [6.45, 7) is 5.66. The first-order chi connectivity index (χ1) is 11.2. The van der Waals surface area contributed by atoms with Gasteiger partial charge in [0, 0.05) is 19.0 Å². The van der Waals surface area contributed by atoms with Crippen molar-refractivity contribution in [3.63, 3.8) is 0 Å². The fourth-order valence-electron chi connectivity index (χ4n) is 4.04. The van der Waals surface area contributed by atoms with E-state index in [9.17, 15) is 0 Å². The van der Waals surface area contributed by atoms with E-state index in [1.807, 2.05) is 16.6 Å². The topological polar surface area (TPSA) is 33.4 Å². The molecule has 2 aliphatic rings. The van der Waals surface area contributed by atoms with E-state index in [1.54, 1.807) is 0 Å². The van der Waals surface area contributed by atoms with Gasteiger partial charge in [-0.1, -0.05) is 31.4 Å². The number of hydrogen-bond donors (Lipinski definition) is 0. The lowest BCUT2D eigenvalue weighted by Crippen LogP contribution is -2.23. The summed E-state index contributed by atoms with van der Waals surface area (Å²) in [5.74, 6) is 1.49. The second-order valence-corrected chi connectivity index (χ2v) is 7.56. The number of rotatable bonds is 5. The van der Waals surface area contributed by atoms with Crippen LogP contribution in [0.4, 0.5) is 0 Å². The molecule has 1 saturated heterocycles. The minimum Gasteiger partial charge on any atom is -0.297 e. The normalized spacial score (nSPS) is 22.8. The number of aromatic nitrogens is 3. The zero-order chi connectivity index (χ0) is 15.8. The molecule has 2 fully saturated rings. The van der Waals surface area contributed by atoms with Crippen molar-refractivity contribution in [3.05, 3.63) is 28.7 Å². The van der Waals surface area contributed by atoms with Crippen LogP contribution in [0.2, 0.25) is 5.15 Å². The number of imidazole rings is 1. The predicted molar refractivity (Wildman–Crippen MR) is 92.9 cm³/mol. The summed E-state index contributed by atoms with van der Waals surface area (Å²) in [6, 6.07) is 3.83. The third-order valence-electron chi connectivity index (χ3n) is 5.50. The van der Waals surface area contributed by atoms with Crippen molar-refractivity contribution in [3.8, 4) is 0 Å². The SMILES string of the molecule is CCCC1CCN(Cc2c(C3CCC3)nc3ccc(Cl)nn23)C1. The Morgan fingerprint density at radius 2 is 2.13 bits per heavy atom. The van der Waals surface area contributed by atoms with Crippen molar-refractivity contribution in [1.29, 1.82) is 0 Å². The molecule has 1 saturated carbocycles. The number of nitrogens with zero attached hydrogens (tertiary/aromatic N) is 4. The molecule has 4 nitrogen and oxygen atoms in total. The van der Waals surface area contributed by atoms with E-state index in [-0.39, 0.29) is 0 Å². The molecule has 0 aromatic carbocycles. The van der Waals surface area contributed by atoms with Crippen molar-refractivity contribution in [2.75, 3.05) is 13.1 Å². The summed E-state index contributed by atoms with van der Waals surface area (Å²) >= 11 is 6.14. The first kappa shape index (κ1) is 15.4. The van der Waals surface area contributed by atoms with Gasteiger partial charge in [-0.15, -0.1) is 0 Å². The third-order valence-corrected chi connectivity index (χ3v) is 5.70. The molecule has 1 aliphatic heterocycles. The fraction of sp³-hybridized carbons (Fsp3) is 0.667. The lowest BCUT2D eigenvalue weighted by atomic mass is 9.82. The average Bonchev–Trinajstić information content (AvgIpc) is 3.04. The van der Waals surface area contributed by atoms with Crippen LogP contribution in [0, 0.1) is 5.92 Å². The average molecular weight is 333 g/mol. The Labute approximate surface area is 142 Å². The maximum Gasteiger partial charge on any atom is 0.154 e. The van der Waals surface area contributed by atoms with Crippen molar-refractivity contribution >= 4 is 17.2 Å². The maximum absolute atomic E-state index is 6.14. The summed E-state index contributed by atoms with van der Waals surface area (Å²) in [5.41, 5.74) is 3.48. The van der Waals surface area contributed by atoms with E-state index < -0.39 is 0 Å². The first-order valence-corrected chi connectivity index (χ1v) is 9.38. The van der Waals surface area contributed by atoms with Gasteiger partial charge in [0.15, 0.2) is 5.65 Å². The van der Waals surface area contributed by atoms with Gasteiger partial charge in [0.25, 0.3) is 0 Å². The Morgan fingerprint density at radius 1 is 1.26 bits per heavy atom. The molecule has 0 N–H and O–H groups in total. The summed E-state index contributed by atoms with van der Waals surface area (Å²) < 4.78 is 1.99. The molecule has 0 amide bonds. The molecule has 0 spiro atoms. The minimum atomic E-state index is 0.543. The standard InChI is InChI=1S/C18H25ClN4/c1-2-4-13-9-10-22(11-13)12-15-18(14-5-3-6-14)20-17-8-7-16(19)21-23(15)17/h7-8,13-14H,2-6,9-12H2,1H3. The highest BCUT2D eigenvalue weighted by atomic mass is 35.5. The Bertz CT molecular complexity index is 692. The number of fused-ring (bicyclic) bond motifs is 1. The van der Waals surface area contributed by atoms with E-state index in [0.29, 0.717) is 11.1 Å². The van der Waals surface area contributed by atoms with Crippen LogP contribution in [0.15, 0.2) is 12.1 Å². The largest absolute Gasteiger partial charge is 0.297 e. The summed E-state index contributed by atoms with van der Waals surface area (Å²) in [4.78, 5) is 7.47. The lowest BCUT2D eigenvalue weighted by molar-refractivity contribution is 0.302. The molecule has 0 radical (unpaired) electrons. The van der Waals surface area contributed by atoms with Gasteiger partial charge in [-0.2, -0.15) is 5.10 Å². The van der Waals surface area contributed by atoms with E-state index in [2.05, 4.69) is 16.9 Å². The van der Waals surface area contributed by atoms with Crippen LogP contribution in [-0.4, -0.2) is 32.6 Å². The number of halogens is 1. The maximum atomic E-state index is 6.14. The van der Waals surface area contributed by atoms with Crippen LogP contribution in [0.5, 0.6) is 0 Å². The van der Waals surface area contributed by atoms with Crippen LogP contribution in [0.3, 0.4) is 0 Å². The van der Waals surface area contributed by atoms with Crippen LogP contribution in [-0.2, 0) is 6.54 Å². The molecule has 2 aromatic rings. The third kappa shape index (κ3) is 2.99. The minimum absolute atomic E-state index is 0.543. The van der Waals surface area contributed by atoms with E-state index in [0.717, 1.165) is 18.1 Å². The summed E-state index contributed by atoms with van der Waals surface area (Å²) in [6.07, 6.45) is 7.83. The van der Waals surface area contributed by atoms with Crippen molar-refractivity contribution < 1.29 is 0 Å². The quantitative estimate of drug-likeness (QED) is 0.819. The smallest absolute Gasteiger partial charge is 0.154 e. The van der Waals surface area contributed by atoms with Crippen LogP contribution in [0.1, 0.15) is 62.8 Å². The van der Waals surface area contributed by atoms with Gasteiger partial charge < -0.3 is 0 Å². The second kappa shape index (κ2) is 6.40. The summed E-state index contributed by atoms with van der Waals surface area (Å²) in [7, 11) is 0. The second-order valence-electron chi connectivity index (χ2n) is 7.18. The molecule has 1 unspecified atom stereocenters. The Balaban J connectivity index is 1.63. The monoisotopic (exact) mass is 332 g/mol. The van der Waals surface area contributed by atoms with E-state index in [4.69, 9.17) is 16.6 Å². The molecule has 0 bridgehead atoms. The van der Waals surface area contributed by atoms with Gasteiger partial charge in [0.2, 0.25) is 0 Å². The molecule has 5 heteroatoms. The van der Waals surface area contributed by atoms with E-state index in [1.165, 1.54) is 63.0 Å². The van der Waals surface area contributed by atoms with Gasteiger partial charge >= 0.3 is 0 Å². The van der Waals surface area contributed by atoms with Gasteiger partial charge in [-0.05, 0) is 50.3 Å². The highest BCUT2D eigenvalue weighted by molar-refractivity contribution is 6.29. The van der Waals surface area contributed by atoms with Gasteiger partial charge in [-0.25, -0.2) is 9.50 Å². The van der Waals surface area contributed by atoms with E-state index >= 15 is 0 Å². The highest BCUT2D eigenvalue weighted by Gasteiger charge is 2.29. The molecule has 3 heterocycles. The van der Waals surface area contributed by atoms with Crippen molar-refractivity contribution in [2.45, 2.75) is 57.9 Å². The summed E-state index contributed by atoms with van der Waals surface area (Å²) in [5, 5.41) is 5.07. The van der Waals surface area contributed by atoms with Crippen molar-refractivity contribution in [2.24, 2.45) is 5.92 Å². The van der Waals surface area contributed by atoms with Gasteiger partial charge in [0.1, 0.15) is 5.15 Å². The Morgan fingerprint density at radius 3 is 2.87 bits per heavy atom. The van der Waals surface area contributed by atoms with Crippen LogP contribution >= 0.6 is 11.6 Å². The molecule has 124 valence electrons. The van der Waals surface area contributed by atoms with Crippen LogP contribution < -0.4 is 0 Å². The zero-order valence-corrected chi connectivity index (χ0v) is 14.6. The number of likely N-dealkylation sites (tertiary alicyclic amines) is 1. The van der Waals surface area contributed by atoms with Crippen molar-refractivity contribution in [1.82, 2.24) is 19.5 Å². The molecular formula is C18H25ClN4. The van der Waals surface area contributed by atoms with Crippen LogP contribution in [0.25, 0.3) is 5.65 Å². The Hall–Kier alpha value is -1.13. The number of hydrogen-bond acceptors (Lipinski definition) is 3. The molecule has 23 heavy (non-hydrogen) atoms. The Kier molecular flexibility index (Phi) is 4.29. The zero-order valence-electron chi connectivity index (χ0n) is 13.8. The fourth-order valence-corrected chi connectivity index (χ4v) is 4.18. The van der Waals surface area contributed by atoms with Gasteiger partial charge in [0.05, 0.1) is 11.4 Å². The predicted octanol–water partition coefficient (Wildman–Crippen LogP) is 4.27. The molecule has 4 rings (SSSR count). The first-order valence-electron chi connectivity index (χ1n) is 9.01.